The van der Waals surface area contributed by atoms with Crippen molar-refractivity contribution >= 4 is 22.0 Å². The molecule has 2 N–H and O–H groups in total. The minimum atomic E-state index is -0.447. The lowest BCUT2D eigenvalue weighted by Crippen LogP contribution is -2.29. The van der Waals surface area contributed by atoms with Gasteiger partial charge in [-0.2, -0.15) is 0 Å². The molecule has 1 aromatic carbocycles. The molecule has 0 spiro atoms. The van der Waals surface area contributed by atoms with Gasteiger partial charge in [0.15, 0.2) is 0 Å². The first-order chi connectivity index (χ1) is 9.93. The number of aromatic hydroxyl groups is 1. The second-order valence-corrected chi connectivity index (χ2v) is 5.59. The Morgan fingerprint density at radius 1 is 1.43 bits per heavy atom. The Hall–Kier alpha value is -1.47. The van der Waals surface area contributed by atoms with Crippen LogP contribution in [0.1, 0.15) is 5.56 Å². The molecule has 7 heteroatoms. The normalized spacial score (nSPS) is 10.5. The predicted octanol–water partition coefficient (Wildman–Crippen LogP) is 1.99. The number of hydrogen-bond acceptors (Lipinski definition) is 5. The van der Waals surface area contributed by atoms with Crippen LogP contribution in [0, 0.1) is 0 Å². The average Bonchev–Trinajstić information content (AvgIpc) is 2.42. The van der Waals surface area contributed by atoms with Crippen LogP contribution >= 0.6 is 15.9 Å². The Labute approximate surface area is 133 Å². The molecule has 0 saturated heterocycles. The monoisotopic (exact) mass is 360 g/mol. The molecule has 1 aromatic rings. The van der Waals surface area contributed by atoms with Gasteiger partial charge in [-0.3, -0.25) is 0 Å². The molecule has 118 valence electrons. The van der Waals surface area contributed by atoms with E-state index in [1.54, 1.807) is 19.2 Å². The van der Waals surface area contributed by atoms with Crippen LogP contribution in [0.5, 0.6) is 11.5 Å². The van der Waals surface area contributed by atoms with Gasteiger partial charge in [-0.05, 0) is 54.1 Å². The molecule has 0 unspecified atom stereocenters. The fraction of sp³-hybridized carbons (Fsp3) is 0.500. The Morgan fingerprint density at radius 3 is 2.76 bits per heavy atom. The first-order valence-electron chi connectivity index (χ1n) is 6.54. The second-order valence-electron chi connectivity index (χ2n) is 4.73. The number of amides is 1. The van der Waals surface area contributed by atoms with Crippen molar-refractivity contribution in [1.82, 2.24) is 10.2 Å². The maximum atomic E-state index is 11.5. The Kier molecular flexibility index (Phi) is 7.31. The highest BCUT2D eigenvalue weighted by Crippen LogP contribution is 2.31. The zero-order chi connectivity index (χ0) is 15.8. The summed E-state index contributed by atoms with van der Waals surface area (Å²) in [7, 11) is 5.38. The van der Waals surface area contributed by atoms with Crippen molar-refractivity contribution in [2.45, 2.75) is 6.42 Å². The minimum absolute atomic E-state index is 0.138. The van der Waals surface area contributed by atoms with Gasteiger partial charge in [0, 0.05) is 13.1 Å². The van der Waals surface area contributed by atoms with Crippen molar-refractivity contribution in [2.75, 3.05) is 40.9 Å². The summed E-state index contributed by atoms with van der Waals surface area (Å²) < 4.78 is 10.8. The Morgan fingerprint density at radius 2 is 2.14 bits per heavy atom. The van der Waals surface area contributed by atoms with E-state index in [2.05, 4.69) is 21.2 Å². The Bertz CT molecular complexity index is 480. The van der Waals surface area contributed by atoms with Crippen LogP contribution < -0.4 is 10.1 Å². The molecular weight excluding hydrogens is 340 g/mol. The molecule has 0 heterocycles. The summed E-state index contributed by atoms with van der Waals surface area (Å²) in [4.78, 5) is 13.4. The zero-order valence-corrected chi connectivity index (χ0v) is 14.1. The summed E-state index contributed by atoms with van der Waals surface area (Å²) in [6.45, 7) is 1.43. The van der Waals surface area contributed by atoms with Gasteiger partial charge in [-0.15, -0.1) is 0 Å². The maximum absolute atomic E-state index is 11.5. The molecule has 0 atom stereocenters. The van der Waals surface area contributed by atoms with Gasteiger partial charge in [0.1, 0.15) is 18.1 Å². The summed E-state index contributed by atoms with van der Waals surface area (Å²) in [5, 5.41) is 12.3. The predicted molar refractivity (Wildman–Crippen MR) is 84.0 cm³/mol. The summed E-state index contributed by atoms with van der Waals surface area (Å²) in [6, 6.07) is 3.31. The van der Waals surface area contributed by atoms with Crippen LogP contribution in [0.4, 0.5) is 4.79 Å². The third-order valence-electron chi connectivity index (χ3n) is 2.79. The molecule has 0 aromatic heterocycles. The molecule has 0 bridgehead atoms. The highest BCUT2D eigenvalue weighted by Gasteiger charge is 2.09. The van der Waals surface area contributed by atoms with E-state index in [0.717, 1.165) is 5.56 Å². The number of ether oxygens (including phenoxy) is 2. The number of carbonyl (C=O) groups is 1. The number of hydrogen-bond donors (Lipinski definition) is 2. The number of halogens is 1. The van der Waals surface area contributed by atoms with Crippen molar-refractivity contribution in [1.29, 1.82) is 0 Å². The third-order valence-corrected chi connectivity index (χ3v) is 3.42. The van der Waals surface area contributed by atoms with Crippen molar-refractivity contribution in [2.24, 2.45) is 0 Å². The first-order valence-corrected chi connectivity index (χ1v) is 7.34. The highest BCUT2D eigenvalue weighted by atomic mass is 79.9. The zero-order valence-electron chi connectivity index (χ0n) is 12.5. The van der Waals surface area contributed by atoms with Gasteiger partial charge in [-0.25, -0.2) is 4.79 Å². The lowest BCUT2D eigenvalue weighted by Gasteiger charge is -2.12. The lowest BCUT2D eigenvalue weighted by molar-refractivity contribution is 0.137. The number of methoxy groups -OCH3 is 1. The summed E-state index contributed by atoms with van der Waals surface area (Å²) in [5.74, 6) is 0.793. The van der Waals surface area contributed by atoms with Crippen molar-refractivity contribution in [3.8, 4) is 11.5 Å². The fourth-order valence-corrected chi connectivity index (χ4v) is 1.97. The standard InChI is InChI=1S/C14H21BrN2O4/c1-17(2)6-7-21-14(19)16-5-4-10-8-12(18)11(15)9-13(10)20-3/h8-9,18H,4-7H2,1-3H3,(H,16,19). The molecule has 0 fully saturated rings. The number of rotatable bonds is 7. The summed E-state index contributed by atoms with van der Waals surface area (Å²) >= 11 is 3.23. The van der Waals surface area contributed by atoms with Gasteiger partial charge < -0.3 is 24.8 Å². The van der Waals surface area contributed by atoms with Crippen LogP contribution in [0.2, 0.25) is 0 Å². The van der Waals surface area contributed by atoms with Crippen molar-refractivity contribution in [3.05, 3.63) is 22.2 Å². The van der Waals surface area contributed by atoms with Crippen LogP contribution in [-0.2, 0) is 11.2 Å². The largest absolute Gasteiger partial charge is 0.507 e. The van der Waals surface area contributed by atoms with Gasteiger partial charge in [0.25, 0.3) is 0 Å². The first kappa shape index (κ1) is 17.6. The minimum Gasteiger partial charge on any atom is -0.507 e. The van der Waals surface area contributed by atoms with E-state index in [1.807, 2.05) is 19.0 Å². The van der Waals surface area contributed by atoms with Crippen LogP contribution in [-0.4, -0.2) is 57.0 Å². The molecule has 6 nitrogen and oxygen atoms in total. The number of nitrogens with one attached hydrogen (secondary N) is 1. The number of alkyl carbamates (subject to hydrolysis) is 1. The highest BCUT2D eigenvalue weighted by molar-refractivity contribution is 9.10. The quantitative estimate of drug-likeness (QED) is 0.777. The number of phenolic OH excluding ortho intramolecular Hbond substituents is 1. The van der Waals surface area contributed by atoms with E-state index in [-0.39, 0.29) is 5.75 Å². The number of benzene rings is 1. The number of nitrogens with zero attached hydrogens (tertiary/aromatic N) is 1. The second kappa shape index (κ2) is 8.74. The van der Waals surface area contributed by atoms with Crippen LogP contribution in [0.25, 0.3) is 0 Å². The van der Waals surface area contributed by atoms with Crippen molar-refractivity contribution < 1.29 is 19.4 Å². The summed E-state index contributed by atoms with van der Waals surface area (Å²) in [5.41, 5.74) is 0.812. The van der Waals surface area contributed by atoms with E-state index in [0.29, 0.717) is 36.3 Å². The van der Waals surface area contributed by atoms with E-state index in [1.165, 1.54) is 0 Å². The molecule has 21 heavy (non-hydrogen) atoms. The lowest BCUT2D eigenvalue weighted by atomic mass is 10.1. The summed E-state index contributed by atoms with van der Waals surface area (Å²) in [6.07, 6.45) is 0.0874. The van der Waals surface area contributed by atoms with Gasteiger partial charge >= 0.3 is 6.09 Å². The molecule has 1 rings (SSSR count). The fourth-order valence-electron chi connectivity index (χ4n) is 1.64. The average molecular weight is 361 g/mol. The molecule has 0 radical (unpaired) electrons. The van der Waals surface area contributed by atoms with E-state index in [4.69, 9.17) is 9.47 Å². The molecular formula is C14H21BrN2O4. The molecule has 0 aliphatic carbocycles. The maximum Gasteiger partial charge on any atom is 0.407 e. The van der Waals surface area contributed by atoms with Gasteiger partial charge in [0.05, 0.1) is 11.6 Å². The number of phenols is 1. The molecule has 0 aliphatic heterocycles. The third kappa shape index (κ3) is 6.22. The van der Waals surface area contributed by atoms with Crippen molar-refractivity contribution in [3.63, 3.8) is 0 Å². The molecule has 0 saturated carbocycles. The smallest absolute Gasteiger partial charge is 0.407 e. The van der Waals surface area contributed by atoms with Gasteiger partial charge in [-0.1, -0.05) is 0 Å². The van der Waals surface area contributed by atoms with Crippen LogP contribution in [0.3, 0.4) is 0 Å². The van der Waals surface area contributed by atoms with E-state index >= 15 is 0 Å². The van der Waals surface area contributed by atoms with Crippen LogP contribution in [0.15, 0.2) is 16.6 Å². The van der Waals surface area contributed by atoms with Gasteiger partial charge in [0.2, 0.25) is 0 Å². The SMILES string of the molecule is COc1cc(Br)c(O)cc1CCNC(=O)OCCN(C)C. The van der Waals surface area contributed by atoms with E-state index in [9.17, 15) is 9.90 Å². The Balaban J connectivity index is 2.42. The number of likely N-dealkylation sites (N-methyl/N-ethyl adjacent to an activating group) is 1. The molecule has 0 aliphatic rings. The molecule has 1 amide bonds. The topological polar surface area (TPSA) is 71.0 Å². The van der Waals surface area contributed by atoms with E-state index < -0.39 is 6.09 Å². The number of carbonyl (C=O) groups excluding carboxylic acids is 1.